The Hall–Kier alpha value is -0.445. The largest absolute Gasteiger partial charge is 0.519 e. The number of hydrogen-bond acceptors (Lipinski definition) is 1. The van der Waals surface area contributed by atoms with Crippen molar-refractivity contribution in [2.75, 3.05) is 0 Å². The van der Waals surface area contributed by atoms with Gasteiger partial charge >= 0.3 is 6.98 Å². The predicted octanol–water partition coefficient (Wildman–Crippen LogP) is 2.11. The van der Waals surface area contributed by atoms with Gasteiger partial charge in [0.25, 0.3) is 0 Å². The second-order valence-electron chi connectivity index (χ2n) is 2.02. The molecule has 1 rings (SSSR count). The summed E-state index contributed by atoms with van der Waals surface area (Å²) in [6.07, 6.45) is 0. The number of rotatable bonds is 1. The highest BCUT2D eigenvalue weighted by atomic mass is 32.1. The fourth-order valence-corrected chi connectivity index (χ4v) is 1.41. The monoisotopic (exact) mass is 165 g/mol. The van der Waals surface area contributed by atoms with Crippen molar-refractivity contribution in [1.29, 1.82) is 0 Å². The number of halogens is 3. The zero-order valence-electron chi connectivity index (χ0n) is 5.27. The minimum atomic E-state index is -4.76. The molecule has 0 aliphatic carbocycles. The molecule has 0 unspecified atom stereocenters. The Kier molecular flexibility index (Phi) is 1.77. The van der Waals surface area contributed by atoms with Crippen molar-refractivity contribution >= 4 is 23.1 Å². The van der Waals surface area contributed by atoms with Crippen LogP contribution in [0.25, 0.3) is 0 Å². The Labute approximate surface area is 60.7 Å². The van der Waals surface area contributed by atoms with Crippen LogP contribution in [-0.4, -0.2) is 6.98 Å². The van der Waals surface area contributed by atoms with Crippen LogP contribution >= 0.6 is 11.3 Å². The molecular weight excluding hydrogens is 160 g/mol. The Bertz CT molecular complexity index is 227. The summed E-state index contributed by atoms with van der Waals surface area (Å²) in [5.41, 5.74) is 0. The van der Waals surface area contributed by atoms with Gasteiger partial charge in [-0.05, 0) is 11.8 Å². The van der Waals surface area contributed by atoms with Crippen LogP contribution in [0.2, 0.25) is 0 Å². The summed E-state index contributed by atoms with van der Waals surface area (Å²) in [5, 5.41) is 0. The van der Waals surface area contributed by atoms with E-state index in [2.05, 4.69) is 0 Å². The van der Waals surface area contributed by atoms with E-state index >= 15 is 0 Å². The summed E-state index contributed by atoms with van der Waals surface area (Å²) in [4.78, 5) is 0.703. The average Bonchev–Trinajstić information content (AvgIpc) is 2.11. The van der Waals surface area contributed by atoms with Gasteiger partial charge in [0.1, 0.15) is 0 Å². The first-order valence-corrected chi connectivity index (χ1v) is 3.58. The molecule has 0 radical (unpaired) electrons. The predicted molar refractivity (Wildman–Crippen MR) is 37.8 cm³/mol. The molecule has 0 saturated heterocycles. The third-order valence-electron chi connectivity index (χ3n) is 1.08. The molecule has 1 heterocycles. The van der Waals surface area contributed by atoms with Crippen molar-refractivity contribution in [3.8, 4) is 0 Å². The lowest BCUT2D eigenvalue weighted by atomic mass is 9.90. The van der Waals surface area contributed by atoms with Crippen LogP contribution in [0.3, 0.4) is 0 Å². The first kappa shape index (κ1) is 7.66. The molecule has 1 aromatic heterocycles. The Morgan fingerprint density at radius 3 is 2.10 bits per heavy atom. The summed E-state index contributed by atoms with van der Waals surface area (Å²) in [6.45, 7) is -3.10. The minimum Gasteiger partial charge on any atom is -0.444 e. The zero-order valence-corrected chi connectivity index (χ0v) is 6.09. The van der Waals surface area contributed by atoms with Gasteiger partial charge in [0.15, 0.2) is 0 Å². The smallest absolute Gasteiger partial charge is 0.444 e. The first-order chi connectivity index (χ1) is 4.50. The Balaban J connectivity index is 2.96. The maximum absolute atomic E-state index is 11.9. The van der Waals surface area contributed by atoms with Crippen LogP contribution in [0.1, 0.15) is 4.88 Å². The summed E-state index contributed by atoms with van der Waals surface area (Å²) in [5.74, 6) is 0. The van der Waals surface area contributed by atoms with Gasteiger partial charge in [-0.25, -0.2) is 0 Å². The molecule has 5 heteroatoms. The number of hydrogen-bond donors (Lipinski definition) is 0. The normalized spacial score (nSPS) is 12.0. The van der Waals surface area contributed by atoms with Crippen molar-refractivity contribution in [2.45, 2.75) is 6.92 Å². The van der Waals surface area contributed by atoms with E-state index in [9.17, 15) is 12.9 Å². The van der Waals surface area contributed by atoms with Crippen LogP contribution in [0.4, 0.5) is 12.9 Å². The summed E-state index contributed by atoms with van der Waals surface area (Å²) in [6, 6.07) is 2.61. The molecule has 0 aliphatic heterocycles. The molecule has 0 aromatic carbocycles. The molecule has 10 heavy (non-hydrogen) atoms. The van der Waals surface area contributed by atoms with Crippen LogP contribution < -0.4 is 4.78 Å². The molecule has 0 amide bonds. The third-order valence-corrected chi connectivity index (χ3v) is 2.18. The summed E-state index contributed by atoms with van der Waals surface area (Å²) < 4.78 is 35.2. The van der Waals surface area contributed by atoms with Gasteiger partial charge < -0.3 is 12.9 Å². The van der Waals surface area contributed by atoms with Crippen molar-refractivity contribution in [3.63, 3.8) is 0 Å². The molecule has 0 N–H and O–H groups in total. The lowest BCUT2D eigenvalue weighted by molar-refractivity contribution is 0.503. The molecule has 0 aliphatic rings. The molecule has 0 saturated carbocycles. The zero-order chi connectivity index (χ0) is 7.78. The molecule has 0 atom stereocenters. The fraction of sp³-hybridized carbons (Fsp3) is 0.200. The fourth-order valence-electron chi connectivity index (χ4n) is 0.629. The van der Waals surface area contributed by atoms with Crippen molar-refractivity contribution in [1.82, 2.24) is 0 Å². The van der Waals surface area contributed by atoms with E-state index < -0.39 is 11.8 Å². The van der Waals surface area contributed by atoms with E-state index in [-0.39, 0.29) is 0 Å². The molecule has 0 fully saturated rings. The standard InChI is InChI=1S/C5H5BF3S/c1-4-2-3-5(10-4)6(7,8)9/h2-3H,1H3/q-1. The number of thiophene rings is 1. The van der Waals surface area contributed by atoms with Gasteiger partial charge in [-0.3, -0.25) is 0 Å². The number of aryl methyl sites for hydroxylation is 1. The quantitative estimate of drug-likeness (QED) is 0.559. The Morgan fingerprint density at radius 1 is 1.30 bits per heavy atom. The van der Waals surface area contributed by atoms with E-state index in [1.54, 1.807) is 6.92 Å². The van der Waals surface area contributed by atoms with Crippen molar-refractivity contribution < 1.29 is 12.9 Å². The highest BCUT2D eigenvalue weighted by molar-refractivity contribution is 7.23. The molecular formula is C5H5BF3S-. The third kappa shape index (κ3) is 1.53. The van der Waals surface area contributed by atoms with E-state index in [4.69, 9.17) is 0 Å². The van der Waals surface area contributed by atoms with Gasteiger partial charge in [-0.1, -0.05) is 16.9 Å². The van der Waals surface area contributed by atoms with Crippen LogP contribution in [0, 0.1) is 6.92 Å². The first-order valence-electron chi connectivity index (χ1n) is 2.76. The second kappa shape index (κ2) is 2.30. The maximum Gasteiger partial charge on any atom is 0.519 e. The Morgan fingerprint density at radius 2 is 1.90 bits per heavy atom. The SMILES string of the molecule is Cc1ccc([B-](F)(F)F)s1. The highest BCUT2D eigenvalue weighted by Gasteiger charge is 2.26. The molecule has 0 bridgehead atoms. The maximum atomic E-state index is 11.9. The molecule has 0 spiro atoms. The average molecular weight is 165 g/mol. The van der Waals surface area contributed by atoms with Gasteiger partial charge in [0.05, 0.1) is 0 Å². The summed E-state index contributed by atoms with van der Waals surface area (Å²) in [7, 11) is 0. The van der Waals surface area contributed by atoms with Gasteiger partial charge in [-0.15, -0.1) is 0 Å². The van der Waals surface area contributed by atoms with Crippen molar-refractivity contribution in [2.24, 2.45) is 0 Å². The highest BCUT2D eigenvalue weighted by Crippen LogP contribution is 2.15. The van der Waals surface area contributed by atoms with Gasteiger partial charge in [-0.2, -0.15) is 11.3 Å². The van der Waals surface area contributed by atoms with Crippen LogP contribution in [-0.2, 0) is 0 Å². The van der Waals surface area contributed by atoms with E-state index in [0.717, 1.165) is 17.4 Å². The van der Waals surface area contributed by atoms with Crippen LogP contribution in [0.15, 0.2) is 12.1 Å². The lowest BCUT2D eigenvalue weighted by Gasteiger charge is -2.09. The van der Waals surface area contributed by atoms with E-state index in [0.29, 0.717) is 4.88 Å². The van der Waals surface area contributed by atoms with Gasteiger partial charge in [0, 0.05) is 0 Å². The summed E-state index contributed by atoms with van der Waals surface area (Å²) >= 11 is 0.797. The van der Waals surface area contributed by atoms with Crippen molar-refractivity contribution in [3.05, 3.63) is 17.0 Å². The van der Waals surface area contributed by atoms with Crippen LogP contribution in [0.5, 0.6) is 0 Å². The molecule has 1 aromatic rings. The van der Waals surface area contributed by atoms with E-state index in [1.807, 2.05) is 0 Å². The second-order valence-corrected chi connectivity index (χ2v) is 3.34. The molecule has 0 nitrogen and oxygen atoms in total. The van der Waals surface area contributed by atoms with E-state index in [1.165, 1.54) is 6.07 Å². The molecule has 56 valence electrons. The van der Waals surface area contributed by atoms with Gasteiger partial charge in [0.2, 0.25) is 0 Å². The minimum absolute atomic E-state index is 0.461. The lowest BCUT2D eigenvalue weighted by Crippen LogP contribution is -2.30. The topological polar surface area (TPSA) is 0 Å².